The molecule has 1 amide bonds. The maximum Gasteiger partial charge on any atom is 0.255 e. The molecule has 3 N–H and O–H groups in total. The second-order valence-corrected chi connectivity index (χ2v) is 8.71. The Labute approximate surface area is 201 Å². The van der Waals surface area contributed by atoms with Crippen LogP contribution in [0.2, 0.25) is 0 Å². The molecule has 0 spiro atoms. The fourth-order valence-corrected chi connectivity index (χ4v) is 3.46. The van der Waals surface area contributed by atoms with E-state index in [9.17, 15) is 4.79 Å². The summed E-state index contributed by atoms with van der Waals surface area (Å²) in [6.07, 6.45) is 0. The van der Waals surface area contributed by atoms with Gasteiger partial charge in [-0.05, 0) is 69.3 Å². The molecule has 166 valence electrons. The lowest BCUT2D eigenvalue weighted by molar-refractivity contribution is 0.102. The number of halogens is 1. The Balaban J connectivity index is 1.68. The van der Waals surface area contributed by atoms with E-state index in [1.165, 1.54) is 5.56 Å². The zero-order valence-corrected chi connectivity index (χ0v) is 20.2. The van der Waals surface area contributed by atoms with Gasteiger partial charge in [-0.25, -0.2) is 4.98 Å². The number of nitrogens with zero attached hydrogens (tertiary/aromatic N) is 2. The van der Waals surface area contributed by atoms with Crippen LogP contribution >= 0.6 is 15.9 Å². The molecule has 0 radical (unpaired) electrons. The third-order valence-electron chi connectivity index (χ3n) is 5.06. The number of nitrogens with one attached hydrogen (secondary N) is 3. The van der Waals surface area contributed by atoms with Crippen LogP contribution in [0.25, 0.3) is 0 Å². The maximum atomic E-state index is 12.9. The Hall–Kier alpha value is -3.71. The molecule has 0 fully saturated rings. The second-order valence-electron chi connectivity index (χ2n) is 7.80. The molecule has 0 aliphatic rings. The molecule has 1 aromatic heterocycles. The predicted octanol–water partition coefficient (Wildman–Crippen LogP) is 6.90. The quantitative estimate of drug-likeness (QED) is 0.267. The van der Waals surface area contributed by atoms with Crippen LogP contribution in [0.3, 0.4) is 0 Å². The van der Waals surface area contributed by atoms with Crippen LogP contribution in [0.4, 0.5) is 28.8 Å². The number of aromatic nitrogens is 2. The minimum absolute atomic E-state index is 0.236. The summed E-state index contributed by atoms with van der Waals surface area (Å²) in [6.45, 7) is 5.92. The molecule has 1 heterocycles. The zero-order chi connectivity index (χ0) is 23.4. The van der Waals surface area contributed by atoms with Gasteiger partial charge in [0.05, 0.1) is 5.69 Å². The monoisotopic (exact) mass is 501 g/mol. The molecule has 4 aromatic rings. The molecule has 0 bridgehead atoms. The molecule has 0 saturated heterocycles. The van der Waals surface area contributed by atoms with Gasteiger partial charge in [0.25, 0.3) is 5.91 Å². The number of rotatable bonds is 6. The van der Waals surface area contributed by atoms with Gasteiger partial charge < -0.3 is 16.0 Å². The topological polar surface area (TPSA) is 78.9 Å². The van der Waals surface area contributed by atoms with E-state index in [-0.39, 0.29) is 5.91 Å². The first kappa shape index (κ1) is 22.5. The first-order valence-electron chi connectivity index (χ1n) is 10.5. The second kappa shape index (κ2) is 9.83. The van der Waals surface area contributed by atoms with Gasteiger partial charge in [0.15, 0.2) is 5.82 Å². The zero-order valence-electron chi connectivity index (χ0n) is 18.6. The fraction of sp³-hybridized carbons (Fsp3) is 0.115. The maximum absolute atomic E-state index is 12.9. The molecule has 3 aromatic carbocycles. The lowest BCUT2D eigenvalue weighted by Gasteiger charge is -2.16. The Morgan fingerprint density at radius 1 is 0.727 bits per heavy atom. The van der Waals surface area contributed by atoms with Crippen LogP contribution in [0.15, 0.2) is 77.3 Å². The SMILES string of the molecule is Cc1ccc(Nc2nc(C)c(NC(=O)c3ccc(Br)cc3)c(Nc3ccc(C)cc3)n2)cc1. The average molecular weight is 502 g/mol. The van der Waals surface area contributed by atoms with Crippen LogP contribution < -0.4 is 16.0 Å². The van der Waals surface area contributed by atoms with E-state index < -0.39 is 0 Å². The molecule has 0 aliphatic heterocycles. The minimum Gasteiger partial charge on any atom is -0.338 e. The summed E-state index contributed by atoms with van der Waals surface area (Å²) < 4.78 is 0.909. The molecular formula is C26H24BrN5O. The third-order valence-corrected chi connectivity index (χ3v) is 5.59. The van der Waals surface area contributed by atoms with Crippen molar-refractivity contribution in [3.05, 3.63) is 99.7 Å². The van der Waals surface area contributed by atoms with Crippen LogP contribution in [-0.4, -0.2) is 15.9 Å². The highest BCUT2D eigenvalue weighted by Crippen LogP contribution is 2.29. The van der Waals surface area contributed by atoms with Crippen molar-refractivity contribution in [1.29, 1.82) is 0 Å². The van der Waals surface area contributed by atoms with E-state index in [0.29, 0.717) is 28.7 Å². The van der Waals surface area contributed by atoms with Crippen molar-refractivity contribution < 1.29 is 4.79 Å². The normalized spacial score (nSPS) is 10.5. The number of hydrogen-bond donors (Lipinski definition) is 3. The molecular weight excluding hydrogens is 478 g/mol. The summed E-state index contributed by atoms with van der Waals surface area (Å²) in [5.41, 5.74) is 5.78. The fourth-order valence-electron chi connectivity index (χ4n) is 3.20. The van der Waals surface area contributed by atoms with Gasteiger partial charge in [0.2, 0.25) is 5.95 Å². The molecule has 6 nitrogen and oxygen atoms in total. The van der Waals surface area contributed by atoms with Crippen molar-refractivity contribution in [2.45, 2.75) is 20.8 Å². The number of benzene rings is 3. The van der Waals surface area contributed by atoms with Gasteiger partial charge in [-0.3, -0.25) is 4.79 Å². The predicted molar refractivity (Wildman–Crippen MR) is 138 cm³/mol. The van der Waals surface area contributed by atoms with E-state index >= 15 is 0 Å². The number of hydrogen-bond acceptors (Lipinski definition) is 5. The first-order valence-corrected chi connectivity index (χ1v) is 11.3. The van der Waals surface area contributed by atoms with Gasteiger partial charge in [-0.2, -0.15) is 4.98 Å². The minimum atomic E-state index is -0.236. The molecule has 0 saturated carbocycles. The van der Waals surface area contributed by atoms with Crippen molar-refractivity contribution >= 4 is 50.7 Å². The number of amides is 1. The third kappa shape index (κ3) is 5.75. The lowest BCUT2D eigenvalue weighted by Crippen LogP contribution is -2.16. The number of aryl methyl sites for hydroxylation is 3. The Morgan fingerprint density at radius 3 is 1.85 bits per heavy atom. The molecule has 0 aliphatic carbocycles. The van der Waals surface area contributed by atoms with Gasteiger partial charge in [0, 0.05) is 21.4 Å². The van der Waals surface area contributed by atoms with Crippen molar-refractivity contribution in [2.24, 2.45) is 0 Å². The highest BCUT2D eigenvalue weighted by atomic mass is 79.9. The summed E-state index contributed by atoms with van der Waals surface area (Å²) in [4.78, 5) is 22.2. The van der Waals surface area contributed by atoms with Gasteiger partial charge in [0.1, 0.15) is 5.69 Å². The van der Waals surface area contributed by atoms with E-state index in [4.69, 9.17) is 0 Å². The Kier molecular flexibility index (Phi) is 6.70. The van der Waals surface area contributed by atoms with Crippen molar-refractivity contribution in [3.63, 3.8) is 0 Å². The van der Waals surface area contributed by atoms with Crippen LogP contribution in [-0.2, 0) is 0 Å². The molecule has 0 atom stereocenters. The lowest BCUT2D eigenvalue weighted by atomic mass is 10.2. The summed E-state index contributed by atoms with van der Waals surface area (Å²) in [7, 11) is 0. The number of anilines is 5. The number of carbonyl (C=O) groups excluding carboxylic acids is 1. The largest absolute Gasteiger partial charge is 0.338 e. The van der Waals surface area contributed by atoms with E-state index in [1.54, 1.807) is 12.1 Å². The van der Waals surface area contributed by atoms with Gasteiger partial charge in [-0.1, -0.05) is 51.3 Å². The summed E-state index contributed by atoms with van der Waals surface area (Å²) in [5.74, 6) is 0.708. The van der Waals surface area contributed by atoms with Gasteiger partial charge >= 0.3 is 0 Å². The van der Waals surface area contributed by atoms with Crippen LogP contribution in [0, 0.1) is 20.8 Å². The van der Waals surface area contributed by atoms with Crippen molar-refractivity contribution in [2.75, 3.05) is 16.0 Å². The average Bonchev–Trinajstić information content (AvgIpc) is 2.79. The highest BCUT2D eigenvalue weighted by Gasteiger charge is 2.16. The van der Waals surface area contributed by atoms with Gasteiger partial charge in [-0.15, -0.1) is 0 Å². The Bertz CT molecular complexity index is 1270. The van der Waals surface area contributed by atoms with E-state index in [1.807, 2.05) is 81.4 Å². The first-order chi connectivity index (χ1) is 15.9. The molecule has 33 heavy (non-hydrogen) atoms. The Morgan fingerprint density at radius 2 is 1.27 bits per heavy atom. The molecule has 0 unspecified atom stereocenters. The smallest absolute Gasteiger partial charge is 0.255 e. The molecule has 7 heteroatoms. The van der Waals surface area contributed by atoms with Crippen LogP contribution in [0.5, 0.6) is 0 Å². The molecule has 4 rings (SSSR count). The van der Waals surface area contributed by atoms with Crippen molar-refractivity contribution in [3.8, 4) is 0 Å². The van der Waals surface area contributed by atoms with E-state index in [0.717, 1.165) is 21.4 Å². The highest BCUT2D eigenvalue weighted by molar-refractivity contribution is 9.10. The number of carbonyl (C=O) groups is 1. The summed E-state index contributed by atoms with van der Waals surface area (Å²) >= 11 is 3.40. The standard InChI is InChI=1S/C26H24BrN5O/c1-16-4-12-21(13-5-16)29-24-23(31-25(33)19-8-10-20(27)11-9-19)18(3)28-26(32-24)30-22-14-6-17(2)7-15-22/h4-15H,1-3H3,(H,31,33)(H2,28,29,30,32). The summed E-state index contributed by atoms with van der Waals surface area (Å²) in [5, 5.41) is 9.55. The van der Waals surface area contributed by atoms with E-state index in [2.05, 4.69) is 41.8 Å². The van der Waals surface area contributed by atoms with Crippen molar-refractivity contribution in [1.82, 2.24) is 9.97 Å². The van der Waals surface area contributed by atoms with Crippen LogP contribution in [0.1, 0.15) is 27.2 Å². The summed E-state index contributed by atoms with van der Waals surface area (Å²) in [6, 6.07) is 23.2.